The first-order valence-corrected chi connectivity index (χ1v) is 9.30. The number of anilines is 1. The summed E-state index contributed by atoms with van der Waals surface area (Å²) < 4.78 is 0. The predicted molar refractivity (Wildman–Crippen MR) is 98.5 cm³/mol. The van der Waals surface area contributed by atoms with Crippen molar-refractivity contribution in [1.82, 2.24) is 4.90 Å². The van der Waals surface area contributed by atoms with Crippen molar-refractivity contribution in [3.05, 3.63) is 28.2 Å². The van der Waals surface area contributed by atoms with Crippen LogP contribution in [-0.2, 0) is 9.59 Å². The molecule has 1 aromatic carbocycles. The third kappa shape index (κ3) is 5.38. The Balaban J connectivity index is 1.99. The number of nitrogens with one attached hydrogen (secondary N) is 1. The maximum Gasteiger partial charge on any atom is 0.244 e. The Labute approximate surface area is 153 Å². The van der Waals surface area contributed by atoms with E-state index >= 15 is 0 Å². The van der Waals surface area contributed by atoms with E-state index in [-0.39, 0.29) is 24.3 Å². The first-order chi connectivity index (χ1) is 11.5. The minimum atomic E-state index is -0.253. The third-order valence-corrected chi connectivity index (χ3v) is 4.86. The fourth-order valence-corrected chi connectivity index (χ4v) is 3.44. The van der Waals surface area contributed by atoms with Gasteiger partial charge < -0.3 is 10.2 Å². The molecule has 4 nitrogen and oxygen atoms in total. The molecule has 0 bridgehead atoms. The molecule has 0 saturated heterocycles. The molecule has 2 rings (SSSR count). The molecule has 1 saturated carbocycles. The molecule has 1 aromatic rings. The van der Waals surface area contributed by atoms with E-state index in [0.29, 0.717) is 22.3 Å². The summed E-state index contributed by atoms with van der Waals surface area (Å²) in [5, 5.41) is 3.67. The van der Waals surface area contributed by atoms with Gasteiger partial charge in [0.15, 0.2) is 0 Å². The van der Waals surface area contributed by atoms with Gasteiger partial charge in [0, 0.05) is 17.5 Å². The molecule has 0 atom stereocenters. The zero-order chi connectivity index (χ0) is 17.5. The number of carbonyl (C=O) groups is 2. The zero-order valence-corrected chi connectivity index (χ0v) is 15.5. The molecule has 1 fully saturated rings. The van der Waals surface area contributed by atoms with Crippen LogP contribution in [0.4, 0.5) is 5.69 Å². The summed E-state index contributed by atoms with van der Waals surface area (Å²) in [6.07, 6.45) is 6.08. The topological polar surface area (TPSA) is 49.4 Å². The lowest BCUT2D eigenvalue weighted by Gasteiger charge is -2.28. The Morgan fingerprint density at radius 2 is 1.92 bits per heavy atom. The highest BCUT2D eigenvalue weighted by Crippen LogP contribution is 2.27. The van der Waals surface area contributed by atoms with Crippen LogP contribution in [-0.4, -0.2) is 29.8 Å². The smallest absolute Gasteiger partial charge is 0.244 e. The lowest BCUT2D eigenvalue weighted by molar-refractivity contribution is -0.139. The van der Waals surface area contributed by atoms with Crippen LogP contribution in [0.2, 0.25) is 10.0 Å². The van der Waals surface area contributed by atoms with Crippen molar-refractivity contribution in [2.75, 3.05) is 18.4 Å². The maximum absolute atomic E-state index is 12.7. The normalized spacial score (nSPS) is 15.1. The molecule has 0 aromatic heterocycles. The Hall–Kier alpha value is -1.26. The third-order valence-electron chi connectivity index (χ3n) is 4.30. The highest BCUT2D eigenvalue weighted by molar-refractivity contribution is 6.35. The highest BCUT2D eigenvalue weighted by atomic mass is 35.5. The van der Waals surface area contributed by atoms with Gasteiger partial charge in [0.1, 0.15) is 0 Å². The monoisotopic (exact) mass is 370 g/mol. The van der Waals surface area contributed by atoms with Gasteiger partial charge in [0.05, 0.1) is 17.3 Å². The van der Waals surface area contributed by atoms with E-state index in [9.17, 15) is 9.59 Å². The second-order valence-corrected chi connectivity index (χ2v) is 7.11. The second kappa shape index (κ2) is 9.28. The number of hydrogen-bond donors (Lipinski definition) is 1. The van der Waals surface area contributed by atoms with E-state index in [1.54, 1.807) is 23.1 Å². The lowest BCUT2D eigenvalue weighted by atomic mass is 9.88. The molecule has 0 heterocycles. The Morgan fingerprint density at radius 1 is 1.21 bits per heavy atom. The molecule has 6 heteroatoms. The molecule has 0 aliphatic heterocycles. The summed E-state index contributed by atoms with van der Waals surface area (Å²) in [6, 6.07) is 4.90. The van der Waals surface area contributed by atoms with Gasteiger partial charge in [-0.15, -0.1) is 0 Å². The van der Waals surface area contributed by atoms with Crippen LogP contribution in [0.1, 0.15) is 45.4 Å². The summed E-state index contributed by atoms with van der Waals surface area (Å²) in [4.78, 5) is 26.7. The molecule has 2 amide bonds. The molecular formula is C18H24Cl2N2O2. The zero-order valence-electron chi connectivity index (χ0n) is 14.0. The van der Waals surface area contributed by atoms with Crippen molar-refractivity contribution in [3.63, 3.8) is 0 Å². The largest absolute Gasteiger partial charge is 0.333 e. The average molecular weight is 371 g/mol. The van der Waals surface area contributed by atoms with Crippen LogP contribution in [0.3, 0.4) is 0 Å². The van der Waals surface area contributed by atoms with Gasteiger partial charge >= 0.3 is 0 Å². The van der Waals surface area contributed by atoms with Crippen LogP contribution in [0.15, 0.2) is 18.2 Å². The van der Waals surface area contributed by atoms with E-state index in [2.05, 4.69) is 5.32 Å². The van der Waals surface area contributed by atoms with Gasteiger partial charge in [0.25, 0.3) is 0 Å². The SMILES string of the molecule is CCCN(CC(=O)Nc1cc(Cl)ccc1Cl)C(=O)C1CCCCC1. The predicted octanol–water partition coefficient (Wildman–Crippen LogP) is 4.75. The number of benzene rings is 1. The molecule has 0 radical (unpaired) electrons. The first kappa shape index (κ1) is 19.1. The summed E-state index contributed by atoms with van der Waals surface area (Å²) in [5.74, 6) is -0.0893. The van der Waals surface area contributed by atoms with Crippen LogP contribution >= 0.6 is 23.2 Å². The number of halogens is 2. The summed E-state index contributed by atoms with van der Waals surface area (Å²) in [7, 11) is 0. The molecular weight excluding hydrogens is 347 g/mol. The van der Waals surface area contributed by atoms with Gasteiger partial charge in [-0.25, -0.2) is 0 Å². The number of hydrogen-bond acceptors (Lipinski definition) is 2. The van der Waals surface area contributed by atoms with Gasteiger partial charge in [-0.1, -0.05) is 49.4 Å². The van der Waals surface area contributed by atoms with Crippen LogP contribution in [0.25, 0.3) is 0 Å². The molecule has 1 aliphatic carbocycles. The van der Waals surface area contributed by atoms with E-state index in [4.69, 9.17) is 23.2 Å². The summed E-state index contributed by atoms with van der Waals surface area (Å²) >= 11 is 12.0. The van der Waals surface area contributed by atoms with Gasteiger partial charge in [0.2, 0.25) is 11.8 Å². The van der Waals surface area contributed by atoms with E-state index in [1.165, 1.54) is 6.42 Å². The van der Waals surface area contributed by atoms with Gasteiger partial charge in [-0.3, -0.25) is 9.59 Å². The van der Waals surface area contributed by atoms with Gasteiger partial charge in [-0.05, 0) is 37.5 Å². The van der Waals surface area contributed by atoms with Crippen LogP contribution in [0.5, 0.6) is 0 Å². The molecule has 0 spiro atoms. The van der Waals surface area contributed by atoms with Gasteiger partial charge in [-0.2, -0.15) is 0 Å². The van der Waals surface area contributed by atoms with Crippen molar-refractivity contribution < 1.29 is 9.59 Å². The van der Waals surface area contributed by atoms with Crippen molar-refractivity contribution in [2.45, 2.75) is 45.4 Å². The first-order valence-electron chi connectivity index (χ1n) is 8.55. The number of rotatable bonds is 6. The fraction of sp³-hybridized carbons (Fsp3) is 0.556. The molecule has 132 valence electrons. The van der Waals surface area contributed by atoms with Crippen LogP contribution < -0.4 is 5.32 Å². The summed E-state index contributed by atoms with van der Waals surface area (Å²) in [5.41, 5.74) is 0.468. The molecule has 0 unspecified atom stereocenters. The number of amides is 2. The Kier molecular flexibility index (Phi) is 7.38. The Morgan fingerprint density at radius 3 is 2.58 bits per heavy atom. The lowest BCUT2D eigenvalue weighted by Crippen LogP contribution is -2.42. The minimum absolute atomic E-state index is 0.0476. The van der Waals surface area contributed by atoms with Crippen molar-refractivity contribution >= 4 is 40.7 Å². The highest BCUT2D eigenvalue weighted by Gasteiger charge is 2.26. The number of carbonyl (C=O) groups excluding carboxylic acids is 2. The maximum atomic E-state index is 12.7. The molecule has 24 heavy (non-hydrogen) atoms. The van der Waals surface area contributed by atoms with Crippen molar-refractivity contribution in [3.8, 4) is 0 Å². The summed E-state index contributed by atoms with van der Waals surface area (Å²) in [6.45, 7) is 2.64. The Bertz CT molecular complexity index is 586. The number of nitrogens with zero attached hydrogens (tertiary/aromatic N) is 1. The molecule has 1 aliphatic rings. The van der Waals surface area contributed by atoms with Crippen molar-refractivity contribution in [2.24, 2.45) is 5.92 Å². The van der Waals surface area contributed by atoms with Crippen LogP contribution in [0, 0.1) is 5.92 Å². The fourth-order valence-electron chi connectivity index (χ4n) is 3.10. The quantitative estimate of drug-likeness (QED) is 0.785. The van der Waals surface area contributed by atoms with E-state index in [1.807, 2.05) is 6.92 Å². The van der Waals surface area contributed by atoms with E-state index < -0.39 is 0 Å². The standard InChI is InChI=1S/C18H24Cl2N2O2/c1-2-10-22(18(24)13-6-4-3-5-7-13)12-17(23)21-16-11-14(19)8-9-15(16)20/h8-9,11,13H,2-7,10,12H2,1H3,(H,21,23). The van der Waals surface area contributed by atoms with Crippen molar-refractivity contribution in [1.29, 1.82) is 0 Å². The van der Waals surface area contributed by atoms with E-state index in [0.717, 1.165) is 32.1 Å². The minimum Gasteiger partial charge on any atom is -0.333 e. The average Bonchev–Trinajstić information content (AvgIpc) is 2.58. The second-order valence-electron chi connectivity index (χ2n) is 6.27. The molecule has 1 N–H and O–H groups in total.